The van der Waals surface area contributed by atoms with E-state index >= 15 is 0 Å². The first-order valence-corrected chi connectivity index (χ1v) is 9.12. The van der Waals surface area contributed by atoms with E-state index in [1.54, 1.807) is 19.3 Å². The van der Waals surface area contributed by atoms with Gasteiger partial charge in [0.25, 0.3) is 0 Å². The Morgan fingerprint density at radius 2 is 1.50 bits per heavy atom. The summed E-state index contributed by atoms with van der Waals surface area (Å²) in [5, 5.41) is 0. The molecular formula is C18H34N2. The number of hydrazine groups is 1. The van der Waals surface area contributed by atoms with Crippen molar-refractivity contribution in [2.24, 2.45) is 34.9 Å². The lowest BCUT2D eigenvalue weighted by molar-refractivity contribution is -0.0631. The summed E-state index contributed by atoms with van der Waals surface area (Å²) in [6, 6.07) is 0.552. The third-order valence-electron chi connectivity index (χ3n) is 6.85. The number of hydrogen-bond donors (Lipinski definition) is 2. The van der Waals surface area contributed by atoms with Gasteiger partial charge in [-0.15, -0.1) is 0 Å². The van der Waals surface area contributed by atoms with E-state index in [9.17, 15) is 0 Å². The summed E-state index contributed by atoms with van der Waals surface area (Å²) < 4.78 is 0. The lowest BCUT2D eigenvalue weighted by Crippen LogP contribution is -2.50. The molecule has 0 saturated heterocycles. The molecule has 1 unspecified atom stereocenters. The van der Waals surface area contributed by atoms with Crippen molar-refractivity contribution >= 4 is 0 Å². The van der Waals surface area contributed by atoms with E-state index in [4.69, 9.17) is 5.84 Å². The minimum Gasteiger partial charge on any atom is -0.271 e. The summed E-state index contributed by atoms with van der Waals surface area (Å²) in [5.74, 6) is 9.95. The normalized spacial score (nSPS) is 40.5. The fourth-order valence-corrected chi connectivity index (χ4v) is 6.30. The summed E-state index contributed by atoms with van der Waals surface area (Å²) in [4.78, 5) is 0. The quantitative estimate of drug-likeness (QED) is 0.539. The molecule has 116 valence electrons. The Kier molecular flexibility index (Phi) is 4.42. The van der Waals surface area contributed by atoms with Gasteiger partial charge in [0.15, 0.2) is 0 Å². The maximum atomic E-state index is 5.91. The van der Waals surface area contributed by atoms with E-state index in [0.717, 1.165) is 23.7 Å². The molecule has 0 radical (unpaired) electrons. The lowest BCUT2D eigenvalue weighted by atomic mass is 9.48. The maximum absolute atomic E-state index is 5.91. The highest BCUT2D eigenvalue weighted by Crippen LogP contribution is 2.61. The molecule has 4 rings (SSSR count). The van der Waals surface area contributed by atoms with Crippen LogP contribution in [-0.4, -0.2) is 6.04 Å². The smallest absolute Gasteiger partial charge is 0.0218 e. The average Bonchev–Trinajstić information content (AvgIpc) is 2.41. The van der Waals surface area contributed by atoms with Gasteiger partial charge in [0, 0.05) is 6.04 Å². The van der Waals surface area contributed by atoms with Crippen molar-refractivity contribution in [2.45, 2.75) is 84.1 Å². The van der Waals surface area contributed by atoms with Crippen LogP contribution in [0.25, 0.3) is 0 Å². The molecule has 0 aromatic rings. The summed E-state index contributed by atoms with van der Waals surface area (Å²) in [6.45, 7) is 4.65. The second-order valence-corrected chi connectivity index (χ2v) is 8.40. The molecule has 4 bridgehead atoms. The van der Waals surface area contributed by atoms with E-state index in [1.165, 1.54) is 44.9 Å². The van der Waals surface area contributed by atoms with Crippen molar-refractivity contribution in [2.75, 3.05) is 0 Å². The van der Waals surface area contributed by atoms with Crippen LogP contribution in [0.1, 0.15) is 78.1 Å². The summed E-state index contributed by atoms with van der Waals surface area (Å²) in [6.07, 6.45) is 14.4. The van der Waals surface area contributed by atoms with E-state index in [-0.39, 0.29) is 0 Å². The van der Waals surface area contributed by atoms with Gasteiger partial charge in [0.2, 0.25) is 0 Å². The molecule has 0 amide bonds. The highest BCUT2D eigenvalue weighted by atomic mass is 15.2. The number of rotatable bonds is 7. The van der Waals surface area contributed by atoms with Gasteiger partial charge in [0.05, 0.1) is 0 Å². The molecule has 2 nitrogen and oxygen atoms in total. The molecule has 0 spiro atoms. The van der Waals surface area contributed by atoms with Crippen LogP contribution in [0.15, 0.2) is 0 Å². The molecule has 20 heavy (non-hydrogen) atoms. The highest BCUT2D eigenvalue weighted by molar-refractivity contribution is 5.02. The molecule has 4 fully saturated rings. The summed E-state index contributed by atoms with van der Waals surface area (Å²) >= 11 is 0. The minimum absolute atomic E-state index is 0.552. The molecule has 3 N–H and O–H groups in total. The minimum atomic E-state index is 0.552. The molecule has 1 atom stereocenters. The zero-order valence-electron chi connectivity index (χ0n) is 13.5. The van der Waals surface area contributed by atoms with Crippen LogP contribution in [0.2, 0.25) is 0 Å². The van der Waals surface area contributed by atoms with Crippen LogP contribution in [0.5, 0.6) is 0 Å². The molecular weight excluding hydrogens is 244 g/mol. The SMILES string of the molecule is CCC(CC)CC(CC12CC3CC(CC(C3)C1)C2)NN. The van der Waals surface area contributed by atoms with Gasteiger partial charge < -0.3 is 0 Å². The first kappa shape index (κ1) is 14.8. The van der Waals surface area contributed by atoms with Gasteiger partial charge in [-0.05, 0) is 80.5 Å². The zero-order chi connectivity index (χ0) is 14.2. The molecule has 0 aromatic carbocycles. The Morgan fingerprint density at radius 1 is 1.00 bits per heavy atom. The van der Waals surface area contributed by atoms with E-state index in [1.807, 2.05) is 0 Å². The largest absolute Gasteiger partial charge is 0.271 e. The second-order valence-electron chi connectivity index (χ2n) is 8.40. The molecule has 4 aliphatic rings. The van der Waals surface area contributed by atoms with Crippen molar-refractivity contribution in [3.05, 3.63) is 0 Å². The topological polar surface area (TPSA) is 38.0 Å². The van der Waals surface area contributed by atoms with Crippen LogP contribution in [-0.2, 0) is 0 Å². The number of nitrogens with one attached hydrogen (secondary N) is 1. The van der Waals surface area contributed by atoms with E-state index < -0.39 is 0 Å². The predicted octanol–water partition coefficient (Wildman–Crippen LogP) is 4.25. The third-order valence-corrected chi connectivity index (χ3v) is 6.85. The van der Waals surface area contributed by atoms with Gasteiger partial charge in [-0.2, -0.15) is 0 Å². The lowest BCUT2D eigenvalue weighted by Gasteiger charge is -2.57. The molecule has 4 saturated carbocycles. The Morgan fingerprint density at radius 3 is 1.90 bits per heavy atom. The Bertz CT molecular complexity index is 286. The van der Waals surface area contributed by atoms with Crippen LogP contribution in [0, 0.1) is 29.1 Å². The van der Waals surface area contributed by atoms with Crippen molar-refractivity contribution in [3.63, 3.8) is 0 Å². The zero-order valence-corrected chi connectivity index (χ0v) is 13.5. The first-order chi connectivity index (χ1) is 9.66. The van der Waals surface area contributed by atoms with Crippen molar-refractivity contribution in [3.8, 4) is 0 Å². The molecule has 4 aliphatic carbocycles. The van der Waals surface area contributed by atoms with Gasteiger partial charge in [-0.3, -0.25) is 11.3 Å². The molecule has 0 heterocycles. The predicted molar refractivity (Wildman–Crippen MR) is 85.0 cm³/mol. The first-order valence-electron chi connectivity index (χ1n) is 9.12. The number of nitrogens with two attached hydrogens (primary N) is 1. The number of hydrogen-bond acceptors (Lipinski definition) is 2. The standard InChI is InChI=1S/C18H34N2/c1-3-13(4-2)8-17(20-19)12-18-9-14-5-15(10-18)7-16(6-14)11-18/h13-17,20H,3-12,19H2,1-2H3. The third kappa shape index (κ3) is 2.92. The molecule has 0 aromatic heterocycles. The Balaban J connectivity index is 1.63. The molecule has 0 aliphatic heterocycles. The van der Waals surface area contributed by atoms with Gasteiger partial charge >= 0.3 is 0 Å². The van der Waals surface area contributed by atoms with E-state index in [0.29, 0.717) is 11.5 Å². The van der Waals surface area contributed by atoms with Crippen LogP contribution >= 0.6 is 0 Å². The summed E-state index contributed by atoms with van der Waals surface area (Å²) in [5.41, 5.74) is 3.84. The molecule has 2 heteroatoms. The second kappa shape index (κ2) is 5.96. The van der Waals surface area contributed by atoms with Gasteiger partial charge in [0.1, 0.15) is 0 Å². The van der Waals surface area contributed by atoms with Crippen molar-refractivity contribution in [1.82, 2.24) is 5.43 Å². The van der Waals surface area contributed by atoms with Crippen molar-refractivity contribution < 1.29 is 0 Å². The van der Waals surface area contributed by atoms with Gasteiger partial charge in [-0.25, -0.2) is 0 Å². The van der Waals surface area contributed by atoms with Crippen LogP contribution < -0.4 is 11.3 Å². The van der Waals surface area contributed by atoms with Gasteiger partial charge in [-0.1, -0.05) is 26.7 Å². The fourth-order valence-electron chi connectivity index (χ4n) is 6.30. The van der Waals surface area contributed by atoms with E-state index in [2.05, 4.69) is 19.3 Å². The monoisotopic (exact) mass is 278 g/mol. The van der Waals surface area contributed by atoms with Crippen molar-refractivity contribution in [1.29, 1.82) is 0 Å². The Labute approximate surface area is 125 Å². The average molecular weight is 278 g/mol. The fraction of sp³-hybridized carbons (Fsp3) is 1.00. The summed E-state index contributed by atoms with van der Waals surface area (Å²) in [7, 11) is 0. The Hall–Kier alpha value is -0.0800. The van der Waals surface area contributed by atoms with Crippen LogP contribution in [0.3, 0.4) is 0 Å². The van der Waals surface area contributed by atoms with Crippen LogP contribution in [0.4, 0.5) is 0 Å². The maximum Gasteiger partial charge on any atom is 0.0218 e. The highest BCUT2D eigenvalue weighted by Gasteiger charge is 2.51.